The molecule has 9 heteroatoms. The van der Waals surface area contributed by atoms with Crippen molar-refractivity contribution < 1.29 is 18.3 Å². The van der Waals surface area contributed by atoms with Gasteiger partial charge >= 0.3 is 5.97 Å². The normalized spacial score (nSPS) is 10.6. The van der Waals surface area contributed by atoms with Gasteiger partial charge in [0.25, 0.3) is 0 Å². The van der Waals surface area contributed by atoms with Gasteiger partial charge in [-0.15, -0.1) is 0 Å². The number of halogens is 1. The number of hydrogen-bond donors (Lipinski definition) is 1. The van der Waals surface area contributed by atoms with Crippen LogP contribution in [0.25, 0.3) is 11.3 Å². The Morgan fingerprint density at radius 3 is 2.69 bits per heavy atom. The Morgan fingerprint density at radius 2 is 1.96 bits per heavy atom. The maximum absolute atomic E-state index is 13.8. The molecule has 0 aliphatic carbocycles. The summed E-state index contributed by atoms with van der Waals surface area (Å²) in [5, 5.41) is 0. The fourth-order valence-electron chi connectivity index (χ4n) is 2.14. The summed E-state index contributed by atoms with van der Waals surface area (Å²) >= 11 is 0. The molecule has 26 heavy (non-hydrogen) atoms. The number of nitrogen functional groups attached to an aromatic ring is 1. The fourth-order valence-corrected chi connectivity index (χ4v) is 2.14. The third kappa shape index (κ3) is 3.77. The van der Waals surface area contributed by atoms with E-state index in [0.29, 0.717) is 5.95 Å². The number of ether oxygens (including phenoxy) is 1. The summed E-state index contributed by atoms with van der Waals surface area (Å²) in [7, 11) is 3.50. The van der Waals surface area contributed by atoms with Gasteiger partial charge in [-0.2, -0.15) is 15.0 Å². The molecule has 1 aromatic carbocycles. The first-order valence-electron chi connectivity index (χ1n) is 7.63. The van der Waals surface area contributed by atoms with Gasteiger partial charge in [-0.1, -0.05) is 12.1 Å². The van der Waals surface area contributed by atoms with Crippen LogP contribution in [0.2, 0.25) is 0 Å². The molecule has 3 rings (SSSR count). The minimum absolute atomic E-state index is 0.0228. The highest BCUT2D eigenvalue weighted by atomic mass is 19.1. The smallest absolute Gasteiger partial charge is 0.374 e. The third-order valence-electron chi connectivity index (χ3n) is 3.37. The molecule has 0 aliphatic heterocycles. The van der Waals surface area contributed by atoms with E-state index in [4.69, 9.17) is 14.9 Å². The Bertz CT molecular complexity index is 942. The van der Waals surface area contributed by atoms with E-state index >= 15 is 0 Å². The molecule has 0 saturated heterocycles. The molecule has 0 spiro atoms. The van der Waals surface area contributed by atoms with E-state index < -0.39 is 11.8 Å². The molecule has 8 nitrogen and oxygen atoms in total. The van der Waals surface area contributed by atoms with E-state index in [1.165, 1.54) is 18.2 Å². The van der Waals surface area contributed by atoms with Crippen LogP contribution in [-0.4, -0.2) is 35.0 Å². The summed E-state index contributed by atoms with van der Waals surface area (Å²) in [6.45, 7) is -0.206. The summed E-state index contributed by atoms with van der Waals surface area (Å²) in [5.74, 6) is -0.419. The second kappa shape index (κ2) is 7.18. The molecule has 0 bridgehead atoms. The quantitative estimate of drug-likeness (QED) is 0.693. The number of nitrogens with zero attached hydrogens (tertiary/aromatic N) is 4. The average molecular weight is 357 g/mol. The van der Waals surface area contributed by atoms with E-state index in [9.17, 15) is 9.18 Å². The topological polar surface area (TPSA) is 107 Å². The van der Waals surface area contributed by atoms with E-state index in [2.05, 4.69) is 15.0 Å². The molecule has 0 atom stereocenters. The number of rotatable bonds is 5. The van der Waals surface area contributed by atoms with Crippen LogP contribution in [-0.2, 0) is 11.3 Å². The summed E-state index contributed by atoms with van der Waals surface area (Å²) in [6, 6.07) is 9.02. The fraction of sp³-hybridized carbons (Fsp3) is 0.176. The third-order valence-corrected chi connectivity index (χ3v) is 3.37. The Kier molecular flexibility index (Phi) is 4.78. The molecule has 0 saturated carbocycles. The van der Waals surface area contributed by atoms with Crippen LogP contribution in [0.4, 0.5) is 16.3 Å². The lowest BCUT2D eigenvalue weighted by molar-refractivity contribution is 0.0426. The zero-order chi connectivity index (χ0) is 18.7. The van der Waals surface area contributed by atoms with Gasteiger partial charge in [-0.3, -0.25) is 0 Å². The van der Waals surface area contributed by atoms with Gasteiger partial charge in [-0.25, -0.2) is 9.18 Å². The molecule has 0 amide bonds. The van der Waals surface area contributed by atoms with Gasteiger partial charge in [0.2, 0.25) is 17.7 Å². The number of carbonyl (C=O) groups excluding carboxylic acids is 1. The van der Waals surface area contributed by atoms with Crippen LogP contribution in [0, 0.1) is 5.82 Å². The highest BCUT2D eigenvalue weighted by Crippen LogP contribution is 2.25. The largest absolute Gasteiger partial charge is 0.452 e. The van der Waals surface area contributed by atoms with Crippen molar-refractivity contribution in [1.82, 2.24) is 15.0 Å². The van der Waals surface area contributed by atoms with Crippen LogP contribution in [0.3, 0.4) is 0 Å². The predicted molar refractivity (Wildman–Crippen MR) is 91.8 cm³/mol. The summed E-state index contributed by atoms with van der Waals surface area (Å²) in [4.78, 5) is 25.8. The first-order valence-corrected chi connectivity index (χ1v) is 7.63. The van der Waals surface area contributed by atoms with Crippen molar-refractivity contribution in [2.75, 3.05) is 24.7 Å². The highest BCUT2D eigenvalue weighted by molar-refractivity contribution is 5.87. The maximum Gasteiger partial charge on any atom is 0.374 e. The van der Waals surface area contributed by atoms with Crippen molar-refractivity contribution in [3.63, 3.8) is 0 Å². The first-order chi connectivity index (χ1) is 12.4. The molecule has 0 unspecified atom stereocenters. The molecule has 2 heterocycles. The summed E-state index contributed by atoms with van der Waals surface area (Å²) < 4.78 is 24.3. The van der Waals surface area contributed by atoms with Crippen LogP contribution < -0.4 is 10.6 Å². The number of benzene rings is 1. The minimum Gasteiger partial charge on any atom is -0.452 e. The Balaban J connectivity index is 1.71. The SMILES string of the molecule is CN(C)c1nc(N)nc(COC(=O)c2ccc(-c3ccccc3F)o2)n1. The predicted octanol–water partition coefficient (Wildman–Crippen LogP) is 2.28. The van der Waals surface area contributed by atoms with Crippen molar-refractivity contribution in [2.24, 2.45) is 0 Å². The zero-order valence-corrected chi connectivity index (χ0v) is 14.1. The highest BCUT2D eigenvalue weighted by Gasteiger charge is 2.16. The van der Waals surface area contributed by atoms with E-state index in [1.807, 2.05) is 0 Å². The molecular formula is C17H16FN5O3. The molecular weight excluding hydrogens is 341 g/mol. The van der Waals surface area contributed by atoms with Crippen molar-refractivity contribution in [1.29, 1.82) is 0 Å². The summed E-state index contributed by atoms with van der Waals surface area (Å²) in [6.07, 6.45) is 0. The molecule has 3 aromatic rings. The first kappa shape index (κ1) is 17.3. The van der Waals surface area contributed by atoms with Crippen molar-refractivity contribution in [3.05, 3.63) is 53.8 Å². The summed E-state index contributed by atoms with van der Waals surface area (Å²) in [5.41, 5.74) is 5.87. The van der Waals surface area contributed by atoms with Crippen LogP contribution >= 0.6 is 0 Å². The number of anilines is 2. The Hall–Kier alpha value is -3.49. The standard InChI is InChI=1S/C17H16FN5O3/c1-23(2)17-21-14(20-16(19)22-17)9-25-15(24)13-8-7-12(26-13)10-5-3-4-6-11(10)18/h3-8H,9H2,1-2H3,(H2,19,20,21,22). The number of carbonyl (C=O) groups is 1. The van der Waals surface area contributed by atoms with Gasteiger partial charge in [0.1, 0.15) is 11.6 Å². The number of nitrogens with two attached hydrogens (primary N) is 1. The van der Waals surface area contributed by atoms with Gasteiger partial charge in [0, 0.05) is 14.1 Å². The van der Waals surface area contributed by atoms with Gasteiger partial charge in [0.15, 0.2) is 12.4 Å². The molecule has 0 radical (unpaired) electrons. The van der Waals surface area contributed by atoms with Crippen molar-refractivity contribution in [3.8, 4) is 11.3 Å². The van der Waals surface area contributed by atoms with Crippen molar-refractivity contribution >= 4 is 17.9 Å². The van der Waals surface area contributed by atoms with Crippen LogP contribution in [0.5, 0.6) is 0 Å². The van der Waals surface area contributed by atoms with Gasteiger partial charge in [-0.05, 0) is 24.3 Å². The molecule has 134 valence electrons. The second-order valence-electron chi connectivity index (χ2n) is 5.52. The maximum atomic E-state index is 13.8. The van der Waals surface area contributed by atoms with E-state index in [1.54, 1.807) is 37.2 Å². The second-order valence-corrected chi connectivity index (χ2v) is 5.52. The Labute approximate surface area is 148 Å². The van der Waals surface area contributed by atoms with Gasteiger partial charge in [0.05, 0.1) is 5.56 Å². The lowest BCUT2D eigenvalue weighted by Gasteiger charge is -2.11. The van der Waals surface area contributed by atoms with E-state index in [-0.39, 0.29) is 35.5 Å². The zero-order valence-electron chi connectivity index (χ0n) is 14.1. The number of furan rings is 1. The number of aromatic nitrogens is 3. The minimum atomic E-state index is -0.724. The van der Waals surface area contributed by atoms with E-state index in [0.717, 1.165) is 0 Å². The molecule has 2 N–H and O–H groups in total. The lowest BCUT2D eigenvalue weighted by atomic mass is 10.1. The van der Waals surface area contributed by atoms with Crippen LogP contribution in [0.15, 0.2) is 40.8 Å². The Morgan fingerprint density at radius 1 is 1.19 bits per heavy atom. The average Bonchev–Trinajstić information content (AvgIpc) is 3.09. The molecule has 0 fully saturated rings. The molecule has 0 aliphatic rings. The number of esters is 1. The lowest BCUT2D eigenvalue weighted by Crippen LogP contribution is -2.17. The monoisotopic (exact) mass is 357 g/mol. The number of hydrogen-bond acceptors (Lipinski definition) is 8. The molecule has 2 aromatic heterocycles. The van der Waals surface area contributed by atoms with Gasteiger partial charge < -0.3 is 19.8 Å². The van der Waals surface area contributed by atoms with Crippen molar-refractivity contribution in [2.45, 2.75) is 6.61 Å². The van der Waals surface area contributed by atoms with Crippen LogP contribution in [0.1, 0.15) is 16.4 Å².